The zero-order valence-electron chi connectivity index (χ0n) is 19.8. The molecule has 1 N–H and O–H groups in total. The Morgan fingerprint density at radius 3 is 2.31 bits per heavy atom. The first-order valence-corrected chi connectivity index (χ1v) is 11.3. The second-order valence-electron chi connectivity index (χ2n) is 8.05. The standard InChI is InChI=1S/C27H28N2O6/c1-33-24-11-8-19(16-25(24)34-2)18-29(26(30)20-6-4-3-5-7-20)21-9-10-23(22(17-21)27(31)32)28-12-14-35-15-13-28/h3-11,16-17H,12-15,18H2,1-2H3,(H,31,32). The van der Waals surface area contributed by atoms with Crippen molar-refractivity contribution in [1.29, 1.82) is 0 Å². The van der Waals surface area contributed by atoms with Gasteiger partial charge in [0, 0.05) is 24.3 Å². The van der Waals surface area contributed by atoms with Crippen LogP contribution in [0.15, 0.2) is 66.7 Å². The van der Waals surface area contributed by atoms with Crippen LogP contribution in [0, 0.1) is 0 Å². The summed E-state index contributed by atoms with van der Waals surface area (Å²) in [7, 11) is 3.12. The van der Waals surface area contributed by atoms with Crippen molar-refractivity contribution in [3.05, 3.63) is 83.4 Å². The third kappa shape index (κ3) is 5.38. The molecular weight excluding hydrogens is 448 g/mol. The van der Waals surface area contributed by atoms with Gasteiger partial charge in [-0.15, -0.1) is 0 Å². The minimum Gasteiger partial charge on any atom is -0.493 e. The Hall–Kier alpha value is -4.04. The number of carbonyl (C=O) groups excluding carboxylic acids is 1. The number of rotatable bonds is 8. The minimum absolute atomic E-state index is 0.141. The Morgan fingerprint density at radius 1 is 0.943 bits per heavy atom. The number of morpholine rings is 1. The molecule has 0 bridgehead atoms. The summed E-state index contributed by atoms with van der Waals surface area (Å²) in [6.07, 6.45) is 0. The normalized spacial score (nSPS) is 13.3. The number of ether oxygens (including phenoxy) is 3. The molecule has 0 aromatic heterocycles. The van der Waals surface area contributed by atoms with Gasteiger partial charge in [0.1, 0.15) is 0 Å². The molecule has 1 fully saturated rings. The highest BCUT2D eigenvalue weighted by Gasteiger charge is 2.24. The summed E-state index contributed by atoms with van der Waals surface area (Å²) in [5, 5.41) is 9.98. The van der Waals surface area contributed by atoms with E-state index in [-0.39, 0.29) is 18.0 Å². The van der Waals surface area contributed by atoms with E-state index in [1.54, 1.807) is 67.7 Å². The lowest BCUT2D eigenvalue weighted by atomic mass is 10.1. The summed E-state index contributed by atoms with van der Waals surface area (Å²) in [5.74, 6) is -0.159. The van der Waals surface area contributed by atoms with Gasteiger partial charge in [0.25, 0.3) is 5.91 Å². The lowest BCUT2D eigenvalue weighted by Crippen LogP contribution is -2.37. The Bertz CT molecular complexity index is 1190. The third-order valence-electron chi connectivity index (χ3n) is 5.93. The first kappa shape index (κ1) is 24.1. The number of carboxylic acid groups (broad SMARTS) is 1. The quantitative estimate of drug-likeness (QED) is 0.524. The van der Waals surface area contributed by atoms with Crippen LogP contribution >= 0.6 is 0 Å². The molecule has 1 aliphatic heterocycles. The molecule has 1 heterocycles. The highest BCUT2D eigenvalue weighted by molar-refractivity contribution is 6.07. The Balaban J connectivity index is 1.75. The van der Waals surface area contributed by atoms with Crippen molar-refractivity contribution in [2.24, 2.45) is 0 Å². The third-order valence-corrected chi connectivity index (χ3v) is 5.93. The number of carboxylic acids is 1. The van der Waals surface area contributed by atoms with Crippen LogP contribution in [0.3, 0.4) is 0 Å². The van der Waals surface area contributed by atoms with Crippen LogP contribution in [0.4, 0.5) is 11.4 Å². The first-order valence-electron chi connectivity index (χ1n) is 11.3. The molecule has 8 nitrogen and oxygen atoms in total. The molecular formula is C27H28N2O6. The summed E-state index contributed by atoms with van der Waals surface area (Å²) < 4.78 is 16.2. The molecule has 4 rings (SSSR count). The van der Waals surface area contributed by atoms with Crippen LogP contribution in [0.2, 0.25) is 0 Å². The molecule has 0 aliphatic carbocycles. The predicted molar refractivity (Wildman–Crippen MR) is 133 cm³/mol. The van der Waals surface area contributed by atoms with E-state index in [2.05, 4.69) is 0 Å². The maximum atomic E-state index is 13.6. The second-order valence-corrected chi connectivity index (χ2v) is 8.05. The van der Waals surface area contributed by atoms with Gasteiger partial charge < -0.3 is 29.1 Å². The van der Waals surface area contributed by atoms with Crippen molar-refractivity contribution in [2.45, 2.75) is 6.54 Å². The SMILES string of the molecule is COc1ccc(CN(C(=O)c2ccccc2)c2ccc(N3CCOCC3)c(C(=O)O)c2)cc1OC. The van der Waals surface area contributed by atoms with Crippen LogP contribution in [-0.2, 0) is 11.3 Å². The number of methoxy groups -OCH3 is 2. The number of hydrogen-bond acceptors (Lipinski definition) is 6. The van der Waals surface area contributed by atoms with E-state index in [0.29, 0.717) is 54.7 Å². The molecule has 0 radical (unpaired) electrons. The highest BCUT2D eigenvalue weighted by atomic mass is 16.5. The van der Waals surface area contributed by atoms with Gasteiger partial charge in [-0.3, -0.25) is 4.79 Å². The molecule has 1 amide bonds. The fourth-order valence-electron chi connectivity index (χ4n) is 4.12. The fourth-order valence-corrected chi connectivity index (χ4v) is 4.12. The number of nitrogens with zero attached hydrogens (tertiary/aromatic N) is 2. The average Bonchev–Trinajstić information content (AvgIpc) is 2.91. The smallest absolute Gasteiger partial charge is 0.337 e. The van der Waals surface area contributed by atoms with Gasteiger partial charge in [0.2, 0.25) is 0 Å². The summed E-state index contributed by atoms with van der Waals surface area (Å²) in [6, 6.07) is 19.5. The van der Waals surface area contributed by atoms with Crippen molar-refractivity contribution < 1.29 is 28.9 Å². The van der Waals surface area contributed by atoms with Gasteiger partial charge in [-0.05, 0) is 48.0 Å². The van der Waals surface area contributed by atoms with E-state index in [1.807, 2.05) is 23.1 Å². The van der Waals surface area contributed by atoms with E-state index in [0.717, 1.165) is 5.56 Å². The zero-order chi connectivity index (χ0) is 24.8. The van der Waals surface area contributed by atoms with Gasteiger partial charge in [-0.1, -0.05) is 24.3 Å². The van der Waals surface area contributed by atoms with Crippen molar-refractivity contribution in [1.82, 2.24) is 0 Å². The lowest BCUT2D eigenvalue weighted by molar-refractivity contribution is 0.0696. The number of aromatic carboxylic acids is 1. The molecule has 0 atom stereocenters. The summed E-state index contributed by atoms with van der Waals surface area (Å²) in [5.41, 5.74) is 2.55. The van der Waals surface area contributed by atoms with Gasteiger partial charge in [0.05, 0.1) is 45.2 Å². The lowest BCUT2D eigenvalue weighted by Gasteiger charge is -2.31. The summed E-state index contributed by atoms with van der Waals surface area (Å²) in [4.78, 5) is 29.4. The Morgan fingerprint density at radius 2 is 1.66 bits per heavy atom. The molecule has 0 saturated carbocycles. The largest absolute Gasteiger partial charge is 0.493 e. The van der Waals surface area contributed by atoms with Crippen molar-refractivity contribution in [2.75, 3.05) is 50.3 Å². The van der Waals surface area contributed by atoms with E-state index in [1.165, 1.54) is 0 Å². The molecule has 182 valence electrons. The molecule has 0 unspecified atom stereocenters. The van der Waals surface area contributed by atoms with E-state index >= 15 is 0 Å². The predicted octanol–water partition coefficient (Wildman–Crippen LogP) is 4.09. The van der Waals surface area contributed by atoms with Crippen LogP contribution in [0.1, 0.15) is 26.3 Å². The van der Waals surface area contributed by atoms with Gasteiger partial charge >= 0.3 is 5.97 Å². The second kappa shape index (κ2) is 10.9. The average molecular weight is 477 g/mol. The number of carbonyl (C=O) groups is 2. The van der Waals surface area contributed by atoms with Gasteiger partial charge in [-0.25, -0.2) is 4.79 Å². The minimum atomic E-state index is -1.05. The van der Waals surface area contributed by atoms with Gasteiger partial charge in [-0.2, -0.15) is 0 Å². The van der Waals surface area contributed by atoms with Crippen molar-refractivity contribution >= 4 is 23.3 Å². The summed E-state index contributed by atoms with van der Waals surface area (Å²) >= 11 is 0. The van der Waals surface area contributed by atoms with Gasteiger partial charge in [0.15, 0.2) is 11.5 Å². The Labute approximate surface area is 204 Å². The molecule has 3 aromatic carbocycles. The monoisotopic (exact) mass is 476 g/mol. The fraction of sp³-hybridized carbons (Fsp3) is 0.259. The van der Waals surface area contributed by atoms with Crippen LogP contribution in [0.5, 0.6) is 11.5 Å². The first-order chi connectivity index (χ1) is 17.0. The molecule has 8 heteroatoms. The number of amides is 1. The maximum absolute atomic E-state index is 13.6. The molecule has 0 spiro atoms. The topological polar surface area (TPSA) is 88.5 Å². The number of anilines is 2. The van der Waals surface area contributed by atoms with E-state index in [4.69, 9.17) is 14.2 Å². The number of benzene rings is 3. The highest BCUT2D eigenvalue weighted by Crippen LogP contribution is 2.32. The van der Waals surface area contributed by atoms with E-state index in [9.17, 15) is 14.7 Å². The molecule has 35 heavy (non-hydrogen) atoms. The van der Waals surface area contributed by atoms with Crippen molar-refractivity contribution in [3.63, 3.8) is 0 Å². The van der Waals surface area contributed by atoms with Crippen molar-refractivity contribution in [3.8, 4) is 11.5 Å². The Kier molecular flexibility index (Phi) is 7.52. The van der Waals surface area contributed by atoms with Crippen LogP contribution in [-0.4, -0.2) is 57.5 Å². The molecule has 1 saturated heterocycles. The number of hydrogen-bond donors (Lipinski definition) is 1. The summed E-state index contributed by atoms with van der Waals surface area (Å²) in [6.45, 7) is 2.51. The molecule has 1 aliphatic rings. The van der Waals surface area contributed by atoms with Crippen LogP contribution in [0.25, 0.3) is 0 Å². The van der Waals surface area contributed by atoms with Crippen LogP contribution < -0.4 is 19.3 Å². The molecule has 3 aromatic rings. The maximum Gasteiger partial charge on any atom is 0.337 e. The zero-order valence-corrected chi connectivity index (χ0v) is 19.8. The van der Waals surface area contributed by atoms with E-state index < -0.39 is 5.97 Å².